The number of aliphatic carboxylic acids is 1. The number of nitrogens with zero attached hydrogens (tertiary/aromatic N) is 5. The van der Waals surface area contributed by atoms with Gasteiger partial charge in [-0.3, -0.25) is 14.3 Å². The summed E-state index contributed by atoms with van der Waals surface area (Å²) in [5.74, 6) is 2.40. The van der Waals surface area contributed by atoms with Gasteiger partial charge in [0.15, 0.2) is 0 Å². The van der Waals surface area contributed by atoms with Crippen molar-refractivity contribution >= 4 is 17.4 Å². The second-order valence-corrected chi connectivity index (χ2v) is 8.92. The fourth-order valence-corrected chi connectivity index (χ4v) is 3.90. The first-order chi connectivity index (χ1) is 17.9. The van der Waals surface area contributed by atoms with Crippen LogP contribution in [-0.4, -0.2) is 63.5 Å². The van der Waals surface area contributed by atoms with Crippen LogP contribution in [0, 0.1) is 0 Å². The molecule has 1 aliphatic rings. The number of piperidine rings is 1. The van der Waals surface area contributed by atoms with E-state index in [9.17, 15) is 13.6 Å². The summed E-state index contributed by atoms with van der Waals surface area (Å²) in [7, 11) is 1.60. The molecule has 2 aromatic rings. The van der Waals surface area contributed by atoms with E-state index < -0.39 is 11.9 Å². The zero-order valence-electron chi connectivity index (χ0n) is 22.3. The summed E-state index contributed by atoms with van der Waals surface area (Å²) in [4.78, 5) is 27.5. The minimum atomic E-state index is -2.71. The van der Waals surface area contributed by atoms with Crippen molar-refractivity contribution in [2.24, 2.45) is 11.6 Å². The highest BCUT2D eigenvalue weighted by atomic mass is 19.3. The molecule has 0 radical (unpaired) electrons. The lowest BCUT2D eigenvalue weighted by Crippen LogP contribution is -2.43. The van der Waals surface area contributed by atoms with Crippen LogP contribution in [0.2, 0.25) is 0 Å². The molecule has 0 unspecified atom stereocenters. The third-order valence-corrected chi connectivity index (χ3v) is 5.66. The van der Waals surface area contributed by atoms with Crippen molar-refractivity contribution in [1.82, 2.24) is 19.8 Å². The SMILES string of the molecule is CC(=O)O.CCCn1ccc(=O)c(OC/C(=C(/N)c2ccc(N3CCCC(F)(F)C3)c(CC)n2)N(C)N)n1. The molecule has 0 bridgehead atoms. The maximum Gasteiger partial charge on any atom is 0.300 e. The molecule has 1 saturated heterocycles. The predicted molar refractivity (Wildman–Crippen MR) is 141 cm³/mol. The number of pyridine rings is 1. The smallest absolute Gasteiger partial charge is 0.300 e. The average Bonchev–Trinajstić information content (AvgIpc) is 2.84. The lowest BCUT2D eigenvalue weighted by atomic mass is 10.1. The van der Waals surface area contributed by atoms with E-state index >= 15 is 0 Å². The first-order valence-corrected chi connectivity index (χ1v) is 12.4. The molecule has 1 fully saturated rings. The number of carboxylic acid groups (broad SMARTS) is 1. The van der Waals surface area contributed by atoms with Gasteiger partial charge < -0.3 is 25.5 Å². The number of alkyl halides is 2. The highest BCUT2D eigenvalue weighted by molar-refractivity contribution is 5.65. The predicted octanol–water partition coefficient (Wildman–Crippen LogP) is 2.45. The van der Waals surface area contributed by atoms with Gasteiger partial charge in [0.1, 0.15) is 6.61 Å². The van der Waals surface area contributed by atoms with E-state index in [2.05, 4.69) is 10.1 Å². The number of aromatic nitrogens is 3. The van der Waals surface area contributed by atoms with Crippen LogP contribution in [0.25, 0.3) is 5.70 Å². The summed E-state index contributed by atoms with van der Waals surface area (Å²) in [6, 6.07) is 4.86. The summed E-state index contributed by atoms with van der Waals surface area (Å²) in [6.07, 6.45) is 3.34. The number of ether oxygens (including phenoxy) is 1. The number of hydrogen-bond donors (Lipinski definition) is 3. The third kappa shape index (κ3) is 8.68. The van der Waals surface area contributed by atoms with Gasteiger partial charge in [-0.05, 0) is 31.4 Å². The minimum absolute atomic E-state index is 0.0494. The van der Waals surface area contributed by atoms with Crippen molar-refractivity contribution in [1.29, 1.82) is 0 Å². The molecule has 13 heteroatoms. The number of carbonyl (C=O) groups is 1. The normalized spacial score (nSPS) is 15.2. The topological polar surface area (TPSA) is 153 Å². The van der Waals surface area contributed by atoms with Crippen LogP contribution in [-0.2, 0) is 17.8 Å². The highest BCUT2D eigenvalue weighted by Crippen LogP contribution is 2.32. The molecule has 5 N–H and O–H groups in total. The van der Waals surface area contributed by atoms with Crippen molar-refractivity contribution in [3.05, 3.63) is 51.7 Å². The Hall–Kier alpha value is -3.74. The Morgan fingerprint density at radius 1 is 1.29 bits per heavy atom. The molecule has 3 rings (SSSR count). The Morgan fingerprint density at radius 2 is 1.97 bits per heavy atom. The van der Waals surface area contributed by atoms with E-state index in [4.69, 9.17) is 26.2 Å². The summed E-state index contributed by atoms with van der Waals surface area (Å²) < 4.78 is 35.2. The number of hydrogen-bond acceptors (Lipinski definition) is 9. The van der Waals surface area contributed by atoms with Gasteiger partial charge in [0.05, 0.1) is 35.0 Å². The first-order valence-electron chi connectivity index (χ1n) is 12.4. The van der Waals surface area contributed by atoms with Crippen molar-refractivity contribution in [3.63, 3.8) is 0 Å². The molecule has 1 aliphatic heterocycles. The summed E-state index contributed by atoms with van der Waals surface area (Å²) >= 11 is 0. The van der Waals surface area contributed by atoms with Crippen LogP contribution in [0.5, 0.6) is 5.88 Å². The molecule has 210 valence electrons. The van der Waals surface area contributed by atoms with E-state index in [0.29, 0.717) is 48.7 Å². The Balaban J connectivity index is 0.00000118. The Bertz CT molecular complexity index is 1180. The van der Waals surface area contributed by atoms with Crippen LogP contribution >= 0.6 is 0 Å². The van der Waals surface area contributed by atoms with Gasteiger partial charge in [0.2, 0.25) is 5.43 Å². The number of aryl methyl sites for hydroxylation is 2. The van der Waals surface area contributed by atoms with E-state index in [1.807, 2.05) is 13.8 Å². The van der Waals surface area contributed by atoms with Gasteiger partial charge in [-0.2, -0.15) is 0 Å². The highest BCUT2D eigenvalue weighted by Gasteiger charge is 2.36. The zero-order valence-corrected chi connectivity index (χ0v) is 22.3. The molecule has 0 amide bonds. The van der Waals surface area contributed by atoms with E-state index in [1.165, 1.54) is 11.1 Å². The molecule has 3 heterocycles. The van der Waals surface area contributed by atoms with E-state index in [1.54, 1.807) is 35.0 Å². The van der Waals surface area contributed by atoms with Gasteiger partial charge in [-0.1, -0.05) is 13.8 Å². The largest absolute Gasteiger partial charge is 0.481 e. The van der Waals surface area contributed by atoms with Crippen LogP contribution in [0.4, 0.5) is 14.5 Å². The van der Waals surface area contributed by atoms with Crippen molar-refractivity contribution < 1.29 is 23.4 Å². The number of anilines is 1. The van der Waals surface area contributed by atoms with Crippen LogP contribution in [0.3, 0.4) is 0 Å². The van der Waals surface area contributed by atoms with Gasteiger partial charge in [0.25, 0.3) is 17.8 Å². The average molecular weight is 538 g/mol. The third-order valence-electron chi connectivity index (χ3n) is 5.66. The van der Waals surface area contributed by atoms with Crippen molar-refractivity contribution in [2.45, 2.75) is 58.9 Å². The first kappa shape index (κ1) is 30.5. The molecule has 0 aliphatic carbocycles. The molecular weight excluding hydrogens is 500 g/mol. The standard InChI is InChI=1S/C23H33F2N7O2.C2H4O2/c1-4-11-32-13-9-20(33)22(29-32)34-14-19(30(3)27)21(26)17-7-8-18(16(5-2)28-17)31-12-6-10-23(24,25)15-31;1-2(3)4/h7-9,13H,4-6,10-12,14-15,26-27H2,1-3H3;1H3,(H,3,4)/b21-19-;. The lowest BCUT2D eigenvalue weighted by molar-refractivity contribution is -0.134. The number of carboxylic acids is 1. The van der Waals surface area contributed by atoms with Gasteiger partial charge >= 0.3 is 0 Å². The van der Waals surface area contributed by atoms with Crippen molar-refractivity contribution in [3.8, 4) is 5.88 Å². The molecule has 0 atom stereocenters. The van der Waals surface area contributed by atoms with Crippen LogP contribution in [0.15, 0.2) is 34.9 Å². The molecular formula is C25H37F2N7O4. The van der Waals surface area contributed by atoms with Gasteiger partial charge in [0, 0.05) is 45.7 Å². The van der Waals surface area contributed by atoms with Crippen molar-refractivity contribution in [2.75, 3.05) is 31.6 Å². The quantitative estimate of drug-likeness (QED) is 0.321. The molecule has 0 saturated carbocycles. The Morgan fingerprint density at radius 3 is 2.55 bits per heavy atom. The number of rotatable bonds is 9. The maximum atomic E-state index is 13.9. The summed E-state index contributed by atoms with van der Waals surface area (Å²) in [5, 5.41) is 12.9. The summed E-state index contributed by atoms with van der Waals surface area (Å²) in [5.41, 5.74) is 8.51. The number of hydrazine groups is 1. The fourth-order valence-electron chi connectivity index (χ4n) is 3.90. The van der Waals surface area contributed by atoms with Crippen LogP contribution < -0.4 is 26.6 Å². The number of likely N-dealkylation sites (N-methyl/N-ethyl adjacent to an activating group) is 1. The van der Waals surface area contributed by atoms with E-state index in [0.717, 1.165) is 13.3 Å². The molecule has 0 spiro atoms. The molecule has 0 aromatic carbocycles. The maximum absolute atomic E-state index is 13.9. The second kappa shape index (κ2) is 13.7. The second-order valence-electron chi connectivity index (χ2n) is 8.92. The zero-order chi connectivity index (χ0) is 28.5. The molecule has 38 heavy (non-hydrogen) atoms. The monoisotopic (exact) mass is 537 g/mol. The number of halogens is 2. The Labute approximate surface area is 220 Å². The lowest BCUT2D eigenvalue weighted by Gasteiger charge is -2.35. The van der Waals surface area contributed by atoms with Gasteiger partial charge in [-0.15, -0.1) is 5.10 Å². The van der Waals surface area contributed by atoms with Crippen LogP contribution in [0.1, 0.15) is 51.4 Å². The van der Waals surface area contributed by atoms with Gasteiger partial charge in [-0.25, -0.2) is 19.6 Å². The molecule has 11 nitrogen and oxygen atoms in total. The molecule has 2 aromatic heterocycles. The minimum Gasteiger partial charge on any atom is -0.481 e. The number of nitrogens with two attached hydrogens (primary N) is 2. The van der Waals surface area contributed by atoms with E-state index in [-0.39, 0.29) is 36.6 Å². The Kier molecular flexibility index (Phi) is 11.0. The summed E-state index contributed by atoms with van der Waals surface area (Å²) in [6.45, 7) is 5.79. The fraction of sp³-hybridized carbons (Fsp3) is 0.520.